The number of ether oxygens (including phenoxy) is 1. The molecule has 0 aromatic heterocycles. The molecule has 0 saturated carbocycles. The molecule has 8 heteroatoms. The zero-order valence-corrected chi connectivity index (χ0v) is 15.2. The molecule has 2 N–H and O–H groups in total. The quantitative estimate of drug-likeness (QED) is 0.486. The van der Waals surface area contributed by atoms with E-state index in [2.05, 4.69) is 47.8 Å². The van der Waals surface area contributed by atoms with E-state index in [4.69, 9.17) is 10.5 Å². The molecule has 21 heavy (non-hydrogen) atoms. The van der Waals surface area contributed by atoms with Gasteiger partial charge in [0.2, 0.25) is 0 Å². The van der Waals surface area contributed by atoms with E-state index in [1.165, 1.54) is 12.1 Å². The average Bonchev–Trinajstić information content (AvgIpc) is 2.43. The maximum atomic E-state index is 10.8. The van der Waals surface area contributed by atoms with E-state index in [9.17, 15) is 10.1 Å². The highest BCUT2D eigenvalue weighted by molar-refractivity contribution is 9.11. The summed E-state index contributed by atoms with van der Waals surface area (Å²) in [5, 5.41) is 10.8. The molecule has 0 aliphatic carbocycles. The molecule has 0 aliphatic rings. The van der Waals surface area contributed by atoms with Gasteiger partial charge in [0.25, 0.3) is 5.69 Å². The van der Waals surface area contributed by atoms with Crippen LogP contribution in [0.2, 0.25) is 0 Å². The summed E-state index contributed by atoms with van der Waals surface area (Å²) >= 11 is 9.98. The Kier molecular flexibility index (Phi) is 5.37. The molecule has 0 aliphatic heterocycles. The highest BCUT2D eigenvalue weighted by Crippen LogP contribution is 2.41. The lowest BCUT2D eigenvalue weighted by Crippen LogP contribution is -1.97. The fourth-order valence-electron chi connectivity index (χ4n) is 1.61. The van der Waals surface area contributed by atoms with Crippen molar-refractivity contribution in [2.45, 2.75) is 6.54 Å². The molecule has 2 aromatic rings. The number of nitro groups is 1. The van der Waals surface area contributed by atoms with Crippen LogP contribution in [0.4, 0.5) is 5.69 Å². The average molecular weight is 481 g/mol. The molecule has 0 amide bonds. The minimum absolute atomic E-state index is 0.0290. The molecule has 0 radical (unpaired) electrons. The van der Waals surface area contributed by atoms with E-state index in [1.54, 1.807) is 6.07 Å². The lowest BCUT2D eigenvalue weighted by atomic mass is 10.2. The van der Waals surface area contributed by atoms with E-state index >= 15 is 0 Å². The molecule has 0 saturated heterocycles. The van der Waals surface area contributed by atoms with Crippen LogP contribution < -0.4 is 10.5 Å². The van der Waals surface area contributed by atoms with Crippen molar-refractivity contribution < 1.29 is 9.66 Å². The van der Waals surface area contributed by atoms with Crippen molar-refractivity contribution in [3.05, 3.63) is 59.4 Å². The predicted octanol–water partition coefficient (Wildman–Crippen LogP) is 5.13. The van der Waals surface area contributed by atoms with Crippen molar-refractivity contribution in [1.82, 2.24) is 0 Å². The van der Waals surface area contributed by atoms with Crippen molar-refractivity contribution in [1.29, 1.82) is 0 Å². The summed E-state index contributed by atoms with van der Waals surface area (Å²) in [6.45, 7) is 0.434. The minimum atomic E-state index is -0.467. The van der Waals surface area contributed by atoms with Crippen molar-refractivity contribution in [2.75, 3.05) is 0 Å². The van der Waals surface area contributed by atoms with Crippen LogP contribution in [0, 0.1) is 10.1 Å². The van der Waals surface area contributed by atoms with Crippen LogP contribution in [0.25, 0.3) is 0 Å². The summed E-state index contributed by atoms with van der Waals surface area (Å²) in [7, 11) is 0. The van der Waals surface area contributed by atoms with Crippen LogP contribution in [-0.2, 0) is 6.54 Å². The Labute approximate surface area is 146 Å². The zero-order valence-electron chi connectivity index (χ0n) is 10.5. The monoisotopic (exact) mass is 478 g/mol. The second-order valence-electron chi connectivity index (χ2n) is 4.07. The minimum Gasteiger partial charge on any atom is -0.454 e. The van der Waals surface area contributed by atoms with Crippen LogP contribution in [0.15, 0.2) is 43.7 Å². The van der Waals surface area contributed by atoms with Gasteiger partial charge in [-0.2, -0.15) is 0 Å². The number of halogens is 3. The number of nitrogens with two attached hydrogens (primary N) is 1. The first-order valence-corrected chi connectivity index (χ1v) is 8.10. The summed E-state index contributed by atoms with van der Waals surface area (Å²) in [5.41, 5.74) is 6.51. The SMILES string of the molecule is NCc1ccc(Oc2c(Br)cc([N+](=O)[O-])cc2Br)c(Br)c1. The Morgan fingerprint density at radius 2 is 1.71 bits per heavy atom. The number of non-ortho nitro benzene ring substituents is 1. The van der Waals surface area contributed by atoms with Crippen molar-refractivity contribution >= 4 is 53.5 Å². The molecular weight excluding hydrogens is 472 g/mol. The topological polar surface area (TPSA) is 78.4 Å². The van der Waals surface area contributed by atoms with E-state index in [0.29, 0.717) is 27.0 Å². The third kappa shape index (κ3) is 3.82. The van der Waals surface area contributed by atoms with E-state index in [-0.39, 0.29) is 5.69 Å². The Morgan fingerprint density at radius 1 is 1.10 bits per heavy atom. The number of rotatable bonds is 4. The Balaban J connectivity index is 2.38. The molecule has 0 fully saturated rings. The fourth-order valence-corrected chi connectivity index (χ4v) is 3.44. The second kappa shape index (κ2) is 6.87. The summed E-state index contributed by atoms with van der Waals surface area (Å²) in [5.74, 6) is 1.05. The van der Waals surface area contributed by atoms with Gasteiger partial charge >= 0.3 is 0 Å². The van der Waals surface area contributed by atoms with Gasteiger partial charge in [0.05, 0.1) is 18.3 Å². The van der Waals surface area contributed by atoms with Crippen LogP contribution in [0.1, 0.15) is 5.56 Å². The van der Waals surface area contributed by atoms with Crippen molar-refractivity contribution in [2.24, 2.45) is 5.73 Å². The molecule has 0 unspecified atom stereocenters. The van der Waals surface area contributed by atoms with Crippen LogP contribution in [-0.4, -0.2) is 4.92 Å². The molecule has 0 bridgehead atoms. The van der Waals surface area contributed by atoms with E-state index in [1.807, 2.05) is 12.1 Å². The lowest BCUT2D eigenvalue weighted by Gasteiger charge is -2.12. The van der Waals surface area contributed by atoms with Gasteiger partial charge in [-0.05, 0) is 65.5 Å². The predicted molar refractivity (Wildman–Crippen MR) is 90.6 cm³/mol. The number of hydrogen-bond acceptors (Lipinski definition) is 4. The number of nitrogens with zero attached hydrogens (tertiary/aromatic N) is 1. The standard InChI is InChI=1S/C13H9Br3N2O3/c14-9-3-7(6-17)1-2-12(9)21-13-10(15)4-8(18(19)20)5-11(13)16/h1-5H,6,17H2. The molecular formula is C13H9Br3N2O3. The molecule has 5 nitrogen and oxygen atoms in total. The summed E-state index contributed by atoms with van der Waals surface area (Å²) < 4.78 is 7.52. The van der Waals surface area contributed by atoms with Gasteiger partial charge in [0.1, 0.15) is 5.75 Å². The zero-order chi connectivity index (χ0) is 15.6. The van der Waals surface area contributed by atoms with Gasteiger partial charge in [0.15, 0.2) is 5.75 Å². The maximum Gasteiger partial charge on any atom is 0.271 e. The van der Waals surface area contributed by atoms with Crippen LogP contribution in [0.3, 0.4) is 0 Å². The van der Waals surface area contributed by atoms with Gasteiger partial charge in [-0.25, -0.2) is 0 Å². The Hall–Kier alpha value is -0.960. The third-order valence-corrected chi connectivity index (χ3v) is 4.44. The lowest BCUT2D eigenvalue weighted by molar-refractivity contribution is -0.385. The van der Waals surface area contributed by atoms with Crippen LogP contribution in [0.5, 0.6) is 11.5 Å². The fraction of sp³-hybridized carbons (Fsp3) is 0.0769. The summed E-state index contributed by atoms with van der Waals surface area (Å²) in [4.78, 5) is 10.3. The first-order valence-electron chi connectivity index (χ1n) is 5.72. The molecule has 2 aromatic carbocycles. The number of benzene rings is 2. The Bertz CT molecular complexity index is 684. The van der Waals surface area contributed by atoms with E-state index in [0.717, 1.165) is 10.0 Å². The van der Waals surface area contributed by atoms with Crippen molar-refractivity contribution in [3.8, 4) is 11.5 Å². The molecule has 2 rings (SSSR count). The Morgan fingerprint density at radius 3 is 2.19 bits per heavy atom. The van der Waals surface area contributed by atoms with Gasteiger partial charge in [-0.3, -0.25) is 10.1 Å². The molecule has 0 spiro atoms. The van der Waals surface area contributed by atoms with Gasteiger partial charge < -0.3 is 10.5 Å². The first kappa shape index (κ1) is 16.4. The third-order valence-electron chi connectivity index (χ3n) is 2.64. The highest BCUT2D eigenvalue weighted by atomic mass is 79.9. The van der Waals surface area contributed by atoms with E-state index < -0.39 is 4.92 Å². The molecule has 0 atom stereocenters. The highest BCUT2D eigenvalue weighted by Gasteiger charge is 2.16. The number of hydrogen-bond donors (Lipinski definition) is 1. The summed E-state index contributed by atoms with van der Waals surface area (Å²) in [6, 6.07) is 8.28. The van der Waals surface area contributed by atoms with Gasteiger partial charge in [-0.15, -0.1) is 0 Å². The largest absolute Gasteiger partial charge is 0.454 e. The second-order valence-corrected chi connectivity index (χ2v) is 6.63. The number of nitro benzene ring substituents is 1. The van der Waals surface area contributed by atoms with Gasteiger partial charge in [-0.1, -0.05) is 6.07 Å². The molecule has 110 valence electrons. The summed E-state index contributed by atoms with van der Waals surface area (Å²) in [6.07, 6.45) is 0. The van der Waals surface area contributed by atoms with Gasteiger partial charge in [0, 0.05) is 18.7 Å². The first-order chi connectivity index (χ1) is 9.92. The maximum absolute atomic E-state index is 10.8. The molecule has 0 heterocycles. The van der Waals surface area contributed by atoms with Crippen molar-refractivity contribution in [3.63, 3.8) is 0 Å². The van der Waals surface area contributed by atoms with Crippen LogP contribution >= 0.6 is 47.8 Å². The normalized spacial score (nSPS) is 10.5. The smallest absolute Gasteiger partial charge is 0.271 e.